The molecular formula is H5FNO7P. The average molecular weight is 181 g/mol. The molecule has 0 aromatic heterocycles. The summed E-state index contributed by atoms with van der Waals surface area (Å²) >= 11 is 0. The monoisotopic (exact) mass is 181 g/mol. The van der Waals surface area contributed by atoms with Crippen LogP contribution in [0.2, 0.25) is 0 Å². The molecule has 8 nitrogen and oxygen atoms in total. The summed E-state index contributed by atoms with van der Waals surface area (Å²) in [4.78, 5) is 29.9. The highest BCUT2D eigenvalue weighted by Gasteiger charge is 2.00. The Morgan fingerprint density at radius 2 is 1.30 bits per heavy atom. The van der Waals surface area contributed by atoms with E-state index in [4.69, 9.17) is 34.6 Å². The van der Waals surface area contributed by atoms with E-state index in [1.54, 1.807) is 0 Å². The maximum atomic E-state index is 8.88. The molecular weight excluding hydrogens is 176 g/mol. The van der Waals surface area contributed by atoms with Crippen molar-refractivity contribution >= 4 is 7.82 Å². The van der Waals surface area contributed by atoms with Gasteiger partial charge in [0.25, 0.3) is 5.09 Å². The molecule has 0 aliphatic rings. The molecule has 0 aliphatic heterocycles. The summed E-state index contributed by atoms with van der Waals surface area (Å²) in [6.45, 7) is 0. The first-order chi connectivity index (χ1) is 3.73. The molecule has 0 spiro atoms. The fourth-order valence-corrected chi connectivity index (χ4v) is 0. The van der Waals surface area contributed by atoms with E-state index in [1.165, 1.54) is 0 Å². The lowest BCUT2D eigenvalue weighted by molar-refractivity contribution is -0.742. The molecule has 0 atom stereocenters. The summed E-state index contributed by atoms with van der Waals surface area (Å²) in [7, 11) is -4.64. The quantitative estimate of drug-likeness (QED) is 0.210. The van der Waals surface area contributed by atoms with Crippen molar-refractivity contribution in [3.8, 4) is 0 Å². The van der Waals surface area contributed by atoms with Crippen molar-refractivity contribution in [3.63, 3.8) is 0 Å². The highest BCUT2D eigenvalue weighted by Crippen LogP contribution is 2.25. The highest BCUT2D eigenvalue weighted by molar-refractivity contribution is 7.45. The van der Waals surface area contributed by atoms with Crippen LogP contribution >= 0.6 is 7.82 Å². The zero-order valence-corrected chi connectivity index (χ0v) is 5.21. The van der Waals surface area contributed by atoms with Crippen LogP contribution in [0.1, 0.15) is 0 Å². The number of phosphoric acid groups is 1. The van der Waals surface area contributed by atoms with Gasteiger partial charge in [0.05, 0.1) is 0 Å². The first-order valence-corrected chi connectivity index (χ1v) is 2.91. The van der Waals surface area contributed by atoms with Gasteiger partial charge in [-0.1, -0.05) is 0 Å². The lowest BCUT2D eigenvalue weighted by Crippen LogP contribution is -1.81. The summed E-state index contributed by atoms with van der Waals surface area (Å²) in [6.07, 6.45) is 0. The second-order valence-electron chi connectivity index (χ2n) is 0.751. The van der Waals surface area contributed by atoms with Crippen molar-refractivity contribution in [2.24, 2.45) is 0 Å². The maximum Gasteiger partial charge on any atom is 0.466 e. The summed E-state index contributed by atoms with van der Waals surface area (Å²) in [5.74, 6) is 0. The van der Waals surface area contributed by atoms with Gasteiger partial charge in [-0.25, -0.2) is 4.57 Å². The van der Waals surface area contributed by atoms with Gasteiger partial charge in [-0.15, -0.1) is 10.1 Å². The smallest absolute Gasteiger partial charge is 0.328 e. The van der Waals surface area contributed by atoms with Crippen molar-refractivity contribution in [1.82, 2.24) is 0 Å². The van der Waals surface area contributed by atoms with Crippen LogP contribution in [0.3, 0.4) is 0 Å². The first kappa shape index (κ1) is 16.1. The summed E-state index contributed by atoms with van der Waals surface area (Å²) < 4.78 is 8.88. The van der Waals surface area contributed by atoms with E-state index in [0.29, 0.717) is 0 Å². The van der Waals surface area contributed by atoms with Gasteiger partial charge in [0.2, 0.25) is 0 Å². The molecule has 0 saturated carbocycles. The highest BCUT2D eigenvalue weighted by atomic mass is 31.2. The van der Waals surface area contributed by atoms with Gasteiger partial charge < -0.3 is 19.9 Å². The molecule has 10 heavy (non-hydrogen) atoms. The lowest BCUT2D eigenvalue weighted by Gasteiger charge is -1.82. The van der Waals surface area contributed by atoms with Gasteiger partial charge in [-0.2, -0.15) is 0 Å². The van der Waals surface area contributed by atoms with E-state index in [9.17, 15) is 0 Å². The Morgan fingerprint density at radius 3 is 1.30 bits per heavy atom. The second-order valence-corrected chi connectivity index (χ2v) is 1.78. The molecule has 0 rings (SSSR count). The van der Waals surface area contributed by atoms with Crippen LogP contribution in [-0.2, 0) is 4.57 Å². The third-order valence-electron chi connectivity index (χ3n) is 0. The van der Waals surface area contributed by atoms with Crippen molar-refractivity contribution in [2.45, 2.75) is 0 Å². The normalized spacial score (nSPS) is 8.30. The predicted octanol–water partition coefficient (Wildman–Crippen LogP) is -1.12. The van der Waals surface area contributed by atoms with Crippen LogP contribution in [-0.4, -0.2) is 25.0 Å². The Balaban J connectivity index is -0.0000000910. The Hall–Kier alpha value is -0.760. The molecule has 0 aromatic carbocycles. The summed E-state index contributed by atoms with van der Waals surface area (Å²) in [5, 5.41) is 13.6. The van der Waals surface area contributed by atoms with E-state index in [2.05, 4.69) is 0 Å². The average Bonchev–Trinajstić information content (AvgIpc) is 1.19. The topological polar surface area (TPSA) is 141 Å². The first-order valence-electron chi connectivity index (χ1n) is 1.35. The molecule has 10 heteroatoms. The fourth-order valence-electron chi connectivity index (χ4n) is 0. The second kappa shape index (κ2) is 6.36. The van der Waals surface area contributed by atoms with Crippen molar-refractivity contribution in [1.29, 1.82) is 0 Å². The Labute approximate surface area is 53.4 Å². The Kier molecular flexibility index (Phi) is 10.2. The van der Waals surface area contributed by atoms with E-state index in [0.717, 1.165) is 0 Å². The van der Waals surface area contributed by atoms with Crippen LogP contribution in [0.25, 0.3) is 0 Å². The van der Waals surface area contributed by atoms with Gasteiger partial charge in [0.1, 0.15) is 0 Å². The van der Waals surface area contributed by atoms with Crippen LogP contribution < -0.4 is 0 Å². The molecule has 0 aliphatic carbocycles. The van der Waals surface area contributed by atoms with Gasteiger partial charge >= 0.3 is 7.82 Å². The predicted molar refractivity (Wildman–Crippen MR) is 25.5 cm³/mol. The molecule has 0 bridgehead atoms. The minimum Gasteiger partial charge on any atom is -0.328 e. The number of rotatable bonds is 0. The van der Waals surface area contributed by atoms with Crippen molar-refractivity contribution in [3.05, 3.63) is 10.1 Å². The van der Waals surface area contributed by atoms with Gasteiger partial charge in [0, 0.05) is 0 Å². The third kappa shape index (κ3) is 488. The SMILES string of the molecule is F.O=P(O)(O)O.O=[N+]([O-])O. The van der Waals surface area contributed by atoms with E-state index in [1.807, 2.05) is 0 Å². The largest absolute Gasteiger partial charge is 0.466 e. The van der Waals surface area contributed by atoms with Gasteiger partial charge in [-0.05, 0) is 0 Å². The minimum atomic E-state index is -4.64. The molecule has 0 radical (unpaired) electrons. The van der Waals surface area contributed by atoms with Crippen molar-refractivity contribution in [2.75, 3.05) is 0 Å². The molecule has 0 amide bonds. The molecule has 0 saturated heterocycles. The number of hydrogen-bond donors (Lipinski definition) is 4. The number of hydrogen-bond acceptors (Lipinski definition) is 3. The lowest BCUT2D eigenvalue weighted by atomic mass is 13.1. The van der Waals surface area contributed by atoms with Crippen LogP contribution in [0, 0.1) is 10.1 Å². The molecule has 0 fully saturated rings. The summed E-state index contributed by atoms with van der Waals surface area (Å²) in [6, 6.07) is 0. The summed E-state index contributed by atoms with van der Waals surface area (Å²) in [5.41, 5.74) is 0. The van der Waals surface area contributed by atoms with Crippen LogP contribution in [0.4, 0.5) is 4.70 Å². The van der Waals surface area contributed by atoms with Crippen LogP contribution in [0.15, 0.2) is 0 Å². The van der Waals surface area contributed by atoms with E-state index < -0.39 is 12.9 Å². The van der Waals surface area contributed by atoms with Crippen molar-refractivity contribution < 1.29 is 34.2 Å². The standard InChI is InChI=1S/FH.HNO3.H3O4P/c;2-1(3)4;1-5(2,3)4/h1H;(H,2,3,4);(H3,1,2,3,4). The molecule has 4 N–H and O–H groups in total. The minimum absolute atomic E-state index is 0. The Morgan fingerprint density at radius 1 is 1.30 bits per heavy atom. The zero-order chi connectivity index (χ0) is 8.08. The fraction of sp³-hybridized carbons (Fsp3) is 0. The van der Waals surface area contributed by atoms with Gasteiger partial charge in [0.15, 0.2) is 0 Å². The van der Waals surface area contributed by atoms with Crippen LogP contribution in [0.5, 0.6) is 0 Å². The Bertz CT molecular complexity index is 113. The molecule has 64 valence electrons. The van der Waals surface area contributed by atoms with E-state index in [-0.39, 0.29) is 4.70 Å². The molecule has 0 unspecified atom stereocenters. The zero-order valence-electron chi connectivity index (χ0n) is 4.32. The maximum absolute atomic E-state index is 8.88. The van der Waals surface area contributed by atoms with E-state index >= 15 is 0 Å². The third-order valence-corrected chi connectivity index (χ3v) is 0. The number of nitrogens with zero attached hydrogens (tertiary/aromatic N) is 1. The molecule has 0 aromatic rings. The molecule has 0 heterocycles. The van der Waals surface area contributed by atoms with Gasteiger partial charge in [-0.3, -0.25) is 4.70 Å². The number of halogens is 1.